The van der Waals surface area contributed by atoms with Gasteiger partial charge < -0.3 is 20.2 Å². The number of urea groups is 1. The Morgan fingerprint density at radius 2 is 1.71 bits per heavy atom. The van der Waals surface area contributed by atoms with E-state index in [2.05, 4.69) is 5.32 Å². The molecule has 0 aliphatic heterocycles. The highest BCUT2D eigenvalue weighted by atomic mass is 16.4. The molecule has 3 amide bonds. The molecule has 0 saturated heterocycles. The first-order chi connectivity index (χ1) is 9.87. The summed E-state index contributed by atoms with van der Waals surface area (Å²) in [6.07, 6.45) is 1.96. The lowest BCUT2D eigenvalue weighted by atomic mass is 10.1. The van der Waals surface area contributed by atoms with Gasteiger partial charge in [0.1, 0.15) is 12.6 Å². The van der Waals surface area contributed by atoms with Gasteiger partial charge in [-0.1, -0.05) is 19.8 Å². The van der Waals surface area contributed by atoms with Crippen molar-refractivity contribution < 1.29 is 19.5 Å². The molecule has 0 aromatic heterocycles. The van der Waals surface area contributed by atoms with Crippen molar-refractivity contribution in [2.45, 2.75) is 46.1 Å². The minimum atomic E-state index is -1.06. The Morgan fingerprint density at radius 1 is 1.14 bits per heavy atom. The summed E-state index contributed by atoms with van der Waals surface area (Å²) >= 11 is 0. The van der Waals surface area contributed by atoms with Crippen molar-refractivity contribution in [1.29, 1.82) is 0 Å². The summed E-state index contributed by atoms with van der Waals surface area (Å²) in [5.74, 6) is -1.21. The van der Waals surface area contributed by atoms with Crippen LogP contribution in [-0.2, 0) is 9.59 Å². The van der Waals surface area contributed by atoms with Crippen LogP contribution in [-0.4, -0.2) is 65.5 Å². The van der Waals surface area contributed by atoms with Crippen molar-refractivity contribution in [2.24, 2.45) is 0 Å². The third-order valence-corrected chi connectivity index (χ3v) is 3.28. The largest absolute Gasteiger partial charge is 0.480 e. The average molecular weight is 301 g/mol. The molecule has 0 aliphatic rings. The molecular weight excluding hydrogens is 274 g/mol. The van der Waals surface area contributed by atoms with Crippen LogP contribution < -0.4 is 5.32 Å². The van der Waals surface area contributed by atoms with Gasteiger partial charge in [0.25, 0.3) is 0 Å². The number of nitrogens with one attached hydrogen (secondary N) is 1. The molecule has 0 spiro atoms. The molecule has 0 saturated carbocycles. The highest BCUT2D eigenvalue weighted by Crippen LogP contribution is 2.02. The van der Waals surface area contributed by atoms with Crippen molar-refractivity contribution in [3.05, 3.63) is 0 Å². The predicted molar refractivity (Wildman–Crippen MR) is 80.0 cm³/mol. The van der Waals surface area contributed by atoms with Crippen LogP contribution in [0.3, 0.4) is 0 Å². The van der Waals surface area contributed by atoms with E-state index in [-0.39, 0.29) is 12.5 Å². The number of carboxylic acids is 1. The number of carbonyl (C=O) groups excluding carboxylic acids is 2. The van der Waals surface area contributed by atoms with E-state index in [0.29, 0.717) is 19.5 Å². The molecule has 0 rings (SSSR count). The first-order valence-corrected chi connectivity index (χ1v) is 7.39. The summed E-state index contributed by atoms with van der Waals surface area (Å²) in [6.45, 7) is 6.79. The van der Waals surface area contributed by atoms with Crippen molar-refractivity contribution in [3.8, 4) is 0 Å². The molecule has 1 unspecified atom stereocenters. The lowest BCUT2D eigenvalue weighted by molar-refractivity contribution is -0.139. The molecule has 0 aromatic rings. The Morgan fingerprint density at radius 3 is 2.14 bits per heavy atom. The fourth-order valence-corrected chi connectivity index (χ4v) is 1.88. The van der Waals surface area contributed by atoms with Crippen molar-refractivity contribution in [3.63, 3.8) is 0 Å². The Labute approximate surface area is 126 Å². The molecule has 21 heavy (non-hydrogen) atoms. The van der Waals surface area contributed by atoms with Crippen LogP contribution in [0.1, 0.15) is 40.0 Å². The summed E-state index contributed by atoms with van der Waals surface area (Å²) in [5, 5.41) is 11.5. The van der Waals surface area contributed by atoms with Crippen LogP contribution >= 0.6 is 0 Å². The monoisotopic (exact) mass is 301 g/mol. The molecule has 0 aromatic carbocycles. The SMILES string of the molecule is CCCCC(NC(=O)N(C)CC(=O)N(CC)CC)C(=O)O. The van der Waals surface area contributed by atoms with E-state index >= 15 is 0 Å². The van der Waals surface area contributed by atoms with Crippen molar-refractivity contribution in [2.75, 3.05) is 26.7 Å². The Balaban J connectivity index is 4.48. The lowest BCUT2D eigenvalue weighted by Crippen LogP contribution is -2.49. The third-order valence-electron chi connectivity index (χ3n) is 3.28. The molecule has 7 nitrogen and oxygen atoms in total. The summed E-state index contributed by atoms with van der Waals surface area (Å²) in [5.41, 5.74) is 0. The van der Waals surface area contributed by atoms with Gasteiger partial charge in [0.2, 0.25) is 5.91 Å². The van der Waals surface area contributed by atoms with E-state index in [1.807, 2.05) is 20.8 Å². The van der Waals surface area contributed by atoms with Gasteiger partial charge in [0, 0.05) is 20.1 Å². The van der Waals surface area contributed by atoms with Crippen LogP contribution in [0.2, 0.25) is 0 Å². The lowest BCUT2D eigenvalue weighted by Gasteiger charge is -2.24. The third kappa shape index (κ3) is 6.97. The Bertz CT molecular complexity index is 356. The van der Waals surface area contributed by atoms with Crippen molar-refractivity contribution >= 4 is 17.9 Å². The van der Waals surface area contributed by atoms with E-state index in [9.17, 15) is 14.4 Å². The molecule has 122 valence electrons. The Hall–Kier alpha value is -1.79. The maximum atomic E-state index is 11.9. The van der Waals surface area contributed by atoms with Crippen LogP contribution in [0.5, 0.6) is 0 Å². The zero-order valence-corrected chi connectivity index (χ0v) is 13.4. The van der Waals surface area contributed by atoms with E-state index in [1.54, 1.807) is 4.90 Å². The average Bonchev–Trinajstić information content (AvgIpc) is 2.43. The summed E-state index contributed by atoms with van der Waals surface area (Å²) in [7, 11) is 1.48. The number of hydrogen-bond donors (Lipinski definition) is 2. The highest BCUT2D eigenvalue weighted by molar-refractivity contribution is 5.86. The standard InChI is InChI=1S/C14H27N3O4/c1-5-8-9-11(13(19)20)15-14(21)16(4)10-12(18)17(6-2)7-3/h11H,5-10H2,1-4H3,(H,15,21)(H,19,20). The molecule has 0 bridgehead atoms. The second-order valence-corrected chi connectivity index (χ2v) is 4.90. The molecule has 0 heterocycles. The van der Waals surface area contributed by atoms with Crippen molar-refractivity contribution in [1.82, 2.24) is 15.1 Å². The fourth-order valence-electron chi connectivity index (χ4n) is 1.88. The molecule has 0 aliphatic carbocycles. The summed E-state index contributed by atoms with van der Waals surface area (Å²) in [6, 6.07) is -1.46. The molecule has 0 radical (unpaired) electrons. The second-order valence-electron chi connectivity index (χ2n) is 4.90. The topological polar surface area (TPSA) is 90.0 Å². The summed E-state index contributed by atoms with van der Waals surface area (Å²) in [4.78, 5) is 37.7. The highest BCUT2D eigenvalue weighted by Gasteiger charge is 2.22. The first-order valence-electron chi connectivity index (χ1n) is 7.39. The van der Waals surface area contributed by atoms with Gasteiger partial charge in [-0.15, -0.1) is 0 Å². The maximum Gasteiger partial charge on any atom is 0.326 e. The number of rotatable bonds is 9. The number of hydrogen-bond acceptors (Lipinski definition) is 3. The van der Waals surface area contributed by atoms with Gasteiger partial charge in [-0.2, -0.15) is 0 Å². The number of nitrogens with zero attached hydrogens (tertiary/aromatic N) is 2. The zero-order chi connectivity index (χ0) is 16.4. The molecule has 2 N–H and O–H groups in total. The van der Waals surface area contributed by atoms with Crippen LogP contribution in [0.15, 0.2) is 0 Å². The van der Waals surface area contributed by atoms with Crippen LogP contribution in [0.4, 0.5) is 4.79 Å². The number of aliphatic carboxylic acids is 1. The molecule has 7 heteroatoms. The van der Waals surface area contributed by atoms with Crippen LogP contribution in [0, 0.1) is 0 Å². The smallest absolute Gasteiger partial charge is 0.326 e. The normalized spacial score (nSPS) is 11.6. The molecular formula is C14H27N3O4. The minimum absolute atomic E-state index is 0.0619. The van der Waals surface area contributed by atoms with Gasteiger partial charge in [0.05, 0.1) is 0 Å². The summed E-state index contributed by atoms with van der Waals surface area (Å²) < 4.78 is 0. The number of carbonyl (C=O) groups is 3. The van der Waals surface area contributed by atoms with Gasteiger partial charge in [-0.3, -0.25) is 4.79 Å². The zero-order valence-electron chi connectivity index (χ0n) is 13.4. The molecule has 0 fully saturated rings. The van der Waals surface area contributed by atoms with E-state index < -0.39 is 18.0 Å². The molecule has 1 atom stereocenters. The number of unbranched alkanes of at least 4 members (excludes halogenated alkanes) is 1. The van der Waals surface area contributed by atoms with E-state index in [0.717, 1.165) is 12.8 Å². The van der Waals surface area contributed by atoms with Gasteiger partial charge in [-0.25, -0.2) is 9.59 Å². The number of carboxylic acid groups (broad SMARTS) is 1. The minimum Gasteiger partial charge on any atom is -0.480 e. The predicted octanol–water partition coefficient (Wildman–Crippen LogP) is 1.14. The van der Waals surface area contributed by atoms with Gasteiger partial charge in [0.15, 0.2) is 0 Å². The van der Waals surface area contributed by atoms with Gasteiger partial charge >= 0.3 is 12.0 Å². The Kier molecular flexibility index (Phi) is 9.16. The van der Waals surface area contributed by atoms with E-state index in [4.69, 9.17) is 5.11 Å². The number of amides is 3. The first kappa shape index (κ1) is 19.2. The fraction of sp³-hybridized carbons (Fsp3) is 0.786. The van der Waals surface area contributed by atoms with E-state index in [1.165, 1.54) is 11.9 Å². The van der Waals surface area contributed by atoms with Gasteiger partial charge in [-0.05, 0) is 20.3 Å². The van der Waals surface area contributed by atoms with Crippen LogP contribution in [0.25, 0.3) is 0 Å². The maximum absolute atomic E-state index is 11.9. The second kappa shape index (κ2) is 10.0. The number of likely N-dealkylation sites (N-methyl/N-ethyl adjacent to an activating group) is 2. The quantitative estimate of drug-likeness (QED) is 0.668.